The third kappa shape index (κ3) is 6.71. The van der Waals surface area contributed by atoms with Crippen LogP contribution in [-0.4, -0.2) is 52.1 Å². The Morgan fingerprint density at radius 3 is 2.29 bits per heavy atom. The van der Waals surface area contributed by atoms with Crippen molar-refractivity contribution < 1.29 is 31.5 Å². The number of amides is 1. The predicted octanol–water partition coefficient (Wildman–Crippen LogP) is 4.06. The quantitative estimate of drug-likeness (QED) is 0.278. The molecule has 0 bridgehead atoms. The molecule has 0 spiro atoms. The van der Waals surface area contributed by atoms with Crippen molar-refractivity contribution in [2.24, 2.45) is 0 Å². The molecule has 1 heterocycles. The minimum Gasteiger partial charge on any atom is -0.394 e. The van der Waals surface area contributed by atoms with Crippen LogP contribution in [0.3, 0.4) is 0 Å². The normalized spacial score (nSPS) is 13.3. The molecule has 220 valence electrons. The summed E-state index contributed by atoms with van der Waals surface area (Å²) in [7, 11) is 0.509. The average molecular weight is 617 g/mol. The number of aliphatic hydroxyl groups excluding tert-OH is 1. The molecule has 0 saturated heterocycles. The number of halogens is 4. The molecule has 4 aromatic rings. The van der Waals surface area contributed by atoms with E-state index < -0.39 is 45.5 Å². The van der Waals surface area contributed by atoms with Gasteiger partial charge in [-0.2, -0.15) is 13.2 Å². The summed E-state index contributed by atoms with van der Waals surface area (Å²) in [5.74, 6) is -0.514. The Labute approximate surface area is 249 Å². The molecule has 0 aliphatic heterocycles. The molecule has 2 N–H and O–H groups in total. The molecule has 0 fully saturated rings. The Hall–Kier alpha value is -3.21. The van der Waals surface area contributed by atoms with Crippen molar-refractivity contribution >= 4 is 53.9 Å². The van der Waals surface area contributed by atoms with Crippen LogP contribution in [0.25, 0.3) is 10.9 Å². The molecule has 0 radical (unpaired) electrons. The molecule has 3 aromatic carbocycles. The largest absolute Gasteiger partial charge is 0.416 e. The molecule has 0 saturated carbocycles. The van der Waals surface area contributed by atoms with Crippen molar-refractivity contribution in [1.29, 1.82) is 0 Å². The van der Waals surface area contributed by atoms with Crippen LogP contribution in [0.5, 0.6) is 0 Å². The number of fused-ring (bicyclic) bond motifs is 1. The molecule has 42 heavy (non-hydrogen) atoms. The smallest absolute Gasteiger partial charge is 0.394 e. The van der Waals surface area contributed by atoms with Gasteiger partial charge in [0.15, 0.2) is 9.84 Å². The second kappa shape index (κ2) is 11.8. The van der Waals surface area contributed by atoms with E-state index in [1.807, 2.05) is 27.2 Å². The summed E-state index contributed by atoms with van der Waals surface area (Å²) in [6, 6.07) is 15.8. The van der Waals surface area contributed by atoms with E-state index in [4.69, 9.17) is 11.6 Å². The van der Waals surface area contributed by atoms with Gasteiger partial charge in [-0.15, -0.1) is 0 Å². The summed E-state index contributed by atoms with van der Waals surface area (Å²) < 4.78 is 67.6. The van der Waals surface area contributed by atoms with Gasteiger partial charge in [0, 0.05) is 33.6 Å². The van der Waals surface area contributed by atoms with E-state index >= 15 is 0 Å². The molecule has 1 aromatic heterocycles. The fourth-order valence-corrected chi connectivity index (χ4v) is 6.10. The molecule has 0 unspecified atom stereocenters. The van der Waals surface area contributed by atoms with Gasteiger partial charge in [-0.25, -0.2) is 8.42 Å². The van der Waals surface area contributed by atoms with E-state index in [1.54, 1.807) is 43.3 Å². The number of rotatable bonds is 9. The summed E-state index contributed by atoms with van der Waals surface area (Å²) in [5, 5.41) is 12.9. The van der Waals surface area contributed by atoms with Crippen molar-refractivity contribution in [2.75, 3.05) is 12.4 Å². The van der Waals surface area contributed by atoms with Crippen LogP contribution in [-0.2, 0) is 27.8 Å². The lowest BCUT2D eigenvalue weighted by Crippen LogP contribution is -2.32. The van der Waals surface area contributed by atoms with Gasteiger partial charge in [-0.1, -0.05) is 43.6 Å². The van der Waals surface area contributed by atoms with Crippen LogP contribution in [0.2, 0.25) is 5.02 Å². The van der Waals surface area contributed by atoms with Gasteiger partial charge >= 0.3 is 6.18 Å². The number of carbonyl (C=O) groups excluding carboxylic acids is 1. The summed E-state index contributed by atoms with van der Waals surface area (Å²) in [6.45, 7) is 3.08. The summed E-state index contributed by atoms with van der Waals surface area (Å²) >= 11 is 5.87. The molecule has 6 nitrogen and oxygen atoms in total. The van der Waals surface area contributed by atoms with E-state index in [0.717, 1.165) is 11.6 Å². The van der Waals surface area contributed by atoms with Crippen LogP contribution in [0, 0.1) is 0 Å². The number of benzene rings is 3. The molecular weight excluding hydrogens is 586 g/mol. The predicted molar refractivity (Wildman–Crippen MR) is 163 cm³/mol. The van der Waals surface area contributed by atoms with E-state index in [-0.39, 0.29) is 27.7 Å². The molecule has 0 aliphatic rings. The number of hydrogen-bond donors (Lipinski definition) is 2. The van der Waals surface area contributed by atoms with Crippen LogP contribution in [0.4, 0.5) is 13.2 Å². The molecule has 1 amide bonds. The molecule has 1 atom stereocenters. The van der Waals surface area contributed by atoms with Gasteiger partial charge in [-0.3, -0.25) is 4.79 Å². The van der Waals surface area contributed by atoms with Crippen molar-refractivity contribution in [1.82, 2.24) is 9.88 Å². The van der Waals surface area contributed by atoms with Gasteiger partial charge in [0.2, 0.25) is 0 Å². The SMILES string of the molecule is BC(B)(C)n1c(Cc2ccc(Cl)cc2C(F)(F)F)cc2cc(C(=O)N[C@@H](CO)c3ccc(S(=O)(=O)CC)cc3)ccc21. The Bertz CT molecular complexity index is 1730. The highest BCUT2D eigenvalue weighted by atomic mass is 35.5. The monoisotopic (exact) mass is 616 g/mol. The fourth-order valence-electron chi connectivity index (χ4n) is 5.05. The first kappa shape index (κ1) is 31.7. The van der Waals surface area contributed by atoms with Gasteiger partial charge < -0.3 is 15.0 Å². The number of aliphatic hydroxyl groups is 1. The lowest BCUT2D eigenvalue weighted by atomic mass is 9.63. The van der Waals surface area contributed by atoms with Gasteiger partial charge in [0.25, 0.3) is 5.91 Å². The summed E-state index contributed by atoms with van der Waals surface area (Å²) in [5.41, 5.74) is 1.51. The average Bonchev–Trinajstić information content (AvgIpc) is 3.29. The van der Waals surface area contributed by atoms with Crippen LogP contribution >= 0.6 is 11.6 Å². The molecule has 13 heteroatoms. The van der Waals surface area contributed by atoms with Crippen molar-refractivity contribution in [3.63, 3.8) is 0 Å². The van der Waals surface area contributed by atoms with Gasteiger partial charge in [0.05, 0.1) is 28.9 Å². The maximum Gasteiger partial charge on any atom is 0.416 e. The minimum atomic E-state index is -4.57. The number of alkyl halides is 3. The second-order valence-corrected chi connectivity index (χ2v) is 13.8. The van der Waals surface area contributed by atoms with E-state index in [2.05, 4.69) is 5.32 Å². The first-order valence-electron chi connectivity index (χ1n) is 13.3. The zero-order valence-electron chi connectivity index (χ0n) is 23.6. The van der Waals surface area contributed by atoms with Crippen molar-refractivity contribution in [3.8, 4) is 0 Å². The topological polar surface area (TPSA) is 88.4 Å². The maximum absolute atomic E-state index is 13.8. The highest BCUT2D eigenvalue weighted by molar-refractivity contribution is 7.91. The Balaban J connectivity index is 1.67. The van der Waals surface area contributed by atoms with Crippen molar-refractivity contribution in [2.45, 2.75) is 42.7 Å². The van der Waals surface area contributed by atoms with Crippen molar-refractivity contribution in [3.05, 3.63) is 99.7 Å². The van der Waals surface area contributed by atoms with Crippen LogP contribution in [0.15, 0.2) is 71.6 Å². The number of aromatic nitrogens is 1. The van der Waals surface area contributed by atoms with E-state index in [0.29, 0.717) is 22.2 Å². The number of hydrogen-bond acceptors (Lipinski definition) is 4. The zero-order valence-corrected chi connectivity index (χ0v) is 25.2. The highest BCUT2D eigenvalue weighted by Gasteiger charge is 2.34. The van der Waals surface area contributed by atoms with Crippen LogP contribution in [0.1, 0.15) is 52.6 Å². The number of sulfone groups is 1. The summed E-state index contributed by atoms with van der Waals surface area (Å²) in [4.78, 5) is 13.4. The third-order valence-corrected chi connectivity index (χ3v) is 9.05. The Kier molecular flexibility index (Phi) is 8.92. The number of carbonyl (C=O) groups is 1. The van der Waals surface area contributed by atoms with Gasteiger partial charge in [-0.05, 0) is 65.0 Å². The fraction of sp³-hybridized carbons (Fsp3) is 0.276. The lowest BCUT2D eigenvalue weighted by Gasteiger charge is -2.27. The van der Waals surface area contributed by atoms with Gasteiger partial charge in [0.1, 0.15) is 15.7 Å². The Morgan fingerprint density at radius 1 is 1.05 bits per heavy atom. The molecular formula is C29H30B2ClF3N2O4S. The Morgan fingerprint density at radius 2 is 1.71 bits per heavy atom. The zero-order chi connectivity index (χ0) is 31.0. The molecule has 4 rings (SSSR count). The maximum atomic E-state index is 13.8. The molecule has 0 aliphatic carbocycles. The standard InChI is InChI=1S/C29H30B2ClF3N2O4S/c1-3-42(40,41)23-9-5-17(6-10-23)25(16-38)36-27(39)19-7-11-26-20(12-19)14-22(37(26)28(2,30)31)13-18-4-8-21(32)15-24(18)29(33,34)35/h4-12,14-15,25,38H,3,13,16,30-31H2,1-2H3,(H,36,39)/t25-/m0/s1. The lowest BCUT2D eigenvalue weighted by molar-refractivity contribution is -0.138. The third-order valence-electron chi connectivity index (χ3n) is 7.07. The first-order valence-corrected chi connectivity index (χ1v) is 15.3. The second-order valence-electron chi connectivity index (χ2n) is 11.1. The minimum absolute atomic E-state index is 0.00112. The highest BCUT2D eigenvalue weighted by Crippen LogP contribution is 2.36. The number of nitrogens with one attached hydrogen (secondary N) is 1. The first-order chi connectivity index (χ1) is 19.5. The van der Waals surface area contributed by atoms with E-state index in [1.165, 1.54) is 24.3 Å². The summed E-state index contributed by atoms with van der Waals surface area (Å²) in [6.07, 6.45) is -4.58. The van der Waals surface area contributed by atoms with E-state index in [9.17, 15) is 31.5 Å². The van der Waals surface area contributed by atoms with Crippen LogP contribution < -0.4 is 5.32 Å². The number of nitrogens with zero attached hydrogens (tertiary/aromatic N) is 1.